The van der Waals surface area contributed by atoms with Crippen molar-refractivity contribution in [2.24, 2.45) is 0 Å². The highest BCUT2D eigenvalue weighted by molar-refractivity contribution is 6.43. The lowest BCUT2D eigenvalue weighted by atomic mass is 10.2. The molecule has 1 N–H and O–H groups in total. The molecule has 6 amide bonds. The van der Waals surface area contributed by atoms with Gasteiger partial charge in [-0.2, -0.15) is 0 Å². The molecule has 8 nitrogen and oxygen atoms in total. The molecule has 39 heavy (non-hydrogen) atoms. The van der Waals surface area contributed by atoms with Gasteiger partial charge in [0.25, 0.3) is 0 Å². The number of nitrogens with zero attached hydrogens (tertiary/aromatic N) is 4. The van der Waals surface area contributed by atoms with E-state index in [9.17, 15) is 14.4 Å². The highest BCUT2D eigenvalue weighted by Gasteiger charge is 2.51. The number of hydrogen-bond donors (Lipinski definition) is 1. The third-order valence-corrected chi connectivity index (χ3v) is 8.41. The molecule has 0 radical (unpaired) electrons. The Labute approximate surface area is 253 Å². The molecule has 1 atom stereocenters. The van der Waals surface area contributed by atoms with Crippen molar-refractivity contribution in [1.29, 1.82) is 0 Å². The molecule has 0 aromatic heterocycles. The molecule has 202 valence electrons. The Hall–Kier alpha value is -2.59. The van der Waals surface area contributed by atoms with E-state index < -0.39 is 24.4 Å². The maximum Gasteiger partial charge on any atom is 0.340 e. The standard InChI is InChI=1S/C25H17Cl6N5O3/c26-16-5-2-13(10-19(16)29)32-22(37)33-8-1-9-34-23(33)35(14-3-6-17(27)20(30)11-14)25(39)36(24(34)38)15-4-7-18(28)21(31)12-15/h2-7,10-12,23H,1,8-9H2,(H,32,37). The number of amides is 6. The second-order valence-corrected chi connectivity index (χ2v) is 11.1. The van der Waals surface area contributed by atoms with Gasteiger partial charge in [-0.25, -0.2) is 19.3 Å². The summed E-state index contributed by atoms with van der Waals surface area (Å²) < 4.78 is 0. The Bertz CT molecular complexity index is 1500. The van der Waals surface area contributed by atoms with E-state index in [0.29, 0.717) is 22.8 Å². The number of benzene rings is 3. The molecule has 14 heteroatoms. The number of fused-ring (bicyclic) bond motifs is 1. The first kappa shape index (κ1) is 28.0. The van der Waals surface area contributed by atoms with Crippen molar-refractivity contribution in [3.05, 3.63) is 84.7 Å². The molecule has 1 unspecified atom stereocenters. The van der Waals surface area contributed by atoms with Crippen molar-refractivity contribution in [1.82, 2.24) is 9.80 Å². The number of imide groups is 1. The maximum absolute atomic E-state index is 14.1. The lowest BCUT2D eigenvalue weighted by Crippen LogP contribution is -2.74. The Kier molecular flexibility index (Phi) is 7.97. The number of rotatable bonds is 3. The minimum atomic E-state index is -1.11. The zero-order chi connectivity index (χ0) is 28.0. The number of urea groups is 3. The zero-order valence-electron chi connectivity index (χ0n) is 19.7. The van der Waals surface area contributed by atoms with E-state index in [1.165, 1.54) is 51.1 Å². The Morgan fingerprint density at radius 1 is 0.692 bits per heavy atom. The fourth-order valence-electron chi connectivity index (χ4n) is 4.40. The Morgan fingerprint density at radius 2 is 1.26 bits per heavy atom. The van der Waals surface area contributed by atoms with Gasteiger partial charge in [-0.3, -0.25) is 14.7 Å². The van der Waals surface area contributed by atoms with Crippen LogP contribution in [0.15, 0.2) is 54.6 Å². The second kappa shape index (κ2) is 11.1. The van der Waals surface area contributed by atoms with Gasteiger partial charge in [-0.15, -0.1) is 0 Å². The van der Waals surface area contributed by atoms with Gasteiger partial charge in [0, 0.05) is 18.8 Å². The van der Waals surface area contributed by atoms with Crippen molar-refractivity contribution in [2.45, 2.75) is 12.7 Å². The van der Waals surface area contributed by atoms with Crippen molar-refractivity contribution in [2.75, 3.05) is 28.2 Å². The van der Waals surface area contributed by atoms with E-state index in [0.717, 1.165) is 4.90 Å². The van der Waals surface area contributed by atoms with Gasteiger partial charge in [-0.1, -0.05) is 69.6 Å². The topological polar surface area (TPSA) is 76.2 Å². The third-order valence-electron chi connectivity index (χ3n) is 6.20. The van der Waals surface area contributed by atoms with E-state index in [1.807, 2.05) is 0 Å². The maximum atomic E-state index is 14.1. The monoisotopic (exact) mass is 645 g/mol. The summed E-state index contributed by atoms with van der Waals surface area (Å²) in [4.78, 5) is 46.4. The molecule has 5 rings (SSSR count). The molecule has 0 spiro atoms. The van der Waals surface area contributed by atoms with Gasteiger partial charge in [-0.05, 0) is 61.0 Å². The minimum Gasteiger partial charge on any atom is -0.308 e. The summed E-state index contributed by atoms with van der Waals surface area (Å²) in [7, 11) is 0. The molecule has 2 aliphatic rings. The molecule has 2 saturated heterocycles. The number of hydrogen-bond acceptors (Lipinski definition) is 3. The largest absolute Gasteiger partial charge is 0.340 e. The van der Waals surface area contributed by atoms with Crippen LogP contribution in [-0.2, 0) is 0 Å². The SMILES string of the molecule is O=C(Nc1ccc(Cl)c(Cl)c1)N1CCCN2C(=O)N(c3ccc(Cl)c(Cl)c3)C(=O)N(c3ccc(Cl)c(Cl)c3)C12. The summed E-state index contributed by atoms with van der Waals surface area (Å²) in [5.74, 6) is 0. The van der Waals surface area contributed by atoms with Crippen LogP contribution in [0.1, 0.15) is 6.42 Å². The van der Waals surface area contributed by atoms with Crippen molar-refractivity contribution < 1.29 is 14.4 Å². The van der Waals surface area contributed by atoms with Crippen LogP contribution in [0.5, 0.6) is 0 Å². The molecule has 0 aliphatic carbocycles. The van der Waals surface area contributed by atoms with Gasteiger partial charge >= 0.3 is 18.1 Å². The minimum absolute atomic E-state index is 0.166. The third kappa shape index (κ3) is 5.29. The zero-order valence-corrected chi connectivity index (χ0v) is 24.2. The van der Waals surface area contributed by atoms with Gasteiger partial charge < -0.3 is 5.32 Å². The molecule has 0 saturated carbocycles. The molecule has 2 heterocycles. The summed E-state index contributed by atoms with van der Waals surface area (Å²) >= 11 is 36.8. The first-order chi connectivity index (χ1) is 18.6. The van der Waals surface area contributed by atoms with E-state index >= 15 is 0 Å². The van der Waals surface area contributed by atoms with E-state index in [1.54, 1.807) is 18.2 Å². The summed E-state index contributed by atoms with van der Waals surface area (Å²) in [5, 5.41) is 4.25. The number of halogens is 6. The smallest absolute Gasteiger partial charge is 0.308 e. The predicted octanol–water partition coefficient (Wildman–Crippen LogP) is 8.70. The average molecular weight is 648 g/mol. The Morgan fingerprint density at radius 3 is 1.87 bits per heavy atom. The number of carbonyl (C=O) groups excluding carboxylic acids is 3. The van der Waals surface area contributed by atoms with Crippen LogP contribution < -0.4 is 15.1 Å². The highest BCUT2D eigenvalue weighted by atomic mass is 35.5. The molecular weight excluding hydrogens is 631 g/mol. The molecule has 3 aromatic rings. The summed E-state index contributed by atoms with van der Waals surface area (Å²) in [6, 6.07) is 11.7. The molecule has 0 bridgehead atoms. The lowest BCUT2D eigenvalue weighted by molar-refractivity contribution is 0.0567. The van der Waals surface area contributed by atoms with Crippen LogP contribution >= 0.6 is 69.6 Å². The lowest BCUT2D eigenvalue weighted by Gasteiger charge is -2.53. The van der Waals surface area contributed by atoms with Gasteiger partial charge in [0.15, 0.2) is 6.29 Å². The summed E-state index contributed by atoms with van der Waals surface area (Å²) in [6.45, 7) is 0.516. The van der Waals surface area contributed by atoms with Crippen molar-refractivity contribution in [3.8, 4) is 0 Å². The summed E-state index contributed by atoms with van der Waals surface area (Å²) in [5.41, 5.74) is 0.912. The number of nitrogens with one attached hydrogen (secondary N) is 1. The van der Waals surface area contributed by atoms with Crippen LogP contribution in [0.2, 0.25) is 30.1 Å². The number of carbonyl (C=O) groups is 3. The van der Waals surface area contributed by atoms with E-state index in [2.05, 4.69) is 5.32 Å². The fourth-order valence-corrected chi connectivity index (χ4v) is 5.28. The quantitative estimate of drug-likeness (QED) is 0.309. The van der Waals surface area contributed by atoms with Crippen molar-refractivity contribution >= 4 is 105 Å². The normalized spacial score (nSPS) is 17.4. The van der Waals surface area contributed by atoms with Crippen LogP contribution in [-0.4, -0.2) is 47.3 Å². The fraction of sp³-hybridized carbons (Fsp3) is 0.160. The molecule has 3 aromatic carbocycles. The van der Waals surface area contributed by atoms with Crippen LogP contribution in [0.4, 0.5) is 31.4 Å². The highest BCUT2D eigenvalue weighted by Crippen LogP contribution is 2.37. The van der Waals surface area contributed by atoms with Crippen LogP contribution in [0.25, 0.3) is 0 Å². The number of anilines is 3. The first-order valence-electron chi connectivity index (χ1n) is 11.4. The predicted molar refractivity (Wildman–Crippen MR) is 156 cm³/mol. The van der Waals surface area contributed by atoms with E-state index in [-0.39, 0.29) is 43.9 Å². The first-order valence-corrected chi connectivity index (χ1v) is 13.7. The van der Waals surface area contributed by atoms with Gasteiger partial charge in [0.2, 0.25) is 0 Å². The molecule has 2 fully saturated rings. The van der Waals surface area contributed by atoms with Gasteiger partial charge in [0.05, 0.1) is 41.5 Å². The summed E-state index contributed by atoms with van der Waals surface area (Å²) in [6.07, 6.45) is -0.659. The second-order valence-electron chi connectivity index (χ2n) is 8.61. The van der Waals surface area contributed by atoms with E-state index in [4.69, 9.17) is 69.6 Å². The average Bonchev–Trinajstić information content (AvgIpc) is 2.90. The van der Waals surface area contributed by atoms with Crippen LogP contribution in [0, 0.1) is 0 Å². The van der Waals surface area contributed by atoms with Crippen LogP contribution in [0.3, 0.4) is 0 Å². The Balaban J connectivity index is 1.58. The molecular formula is C25H17Cl6N5O3. The van der Waals surface area contributed by atoms with Crippen molar-refractivity contribution in [3.63, 3.8) is 0 Å². The molecule has 2 aliphatic heterocycles. The van der Waals surface area contributed by atoms with Gasteiger partial charge in [0.1, 0.15) is 0 Å².